The number of nitrogens with one attached hydrogen (secondary N) is 1. The molecule has 1 saturated heterocycles. The summed E-state index contributed by atoms with van der Waals surface area (Å²) in [6.07, 6.45) is 5.88. The van der Waals surface area contributed by atoms with E-state index in [0.717, 1.165) is 31.5 Å². The minimum absolute atomic E-state index is 0.0531. The number of carbonyl (C=O) groups is 2. The van der Waals surface area contributed by atoms with Gasteiger partial charge in [-0.1, -0.05) is 6.07 Å². The van der Waals surface area contributed by atoms with Crippen LogP contribution in [0, 0.1) is 0 Å². The van der Waals surface area contributed by atoms with Crippen molar-refractivity contribution < 1.29 is 9.59 Å². The molecular weight excluding hydrogens is 218 g/mol. The van der Waals surface area contributed by atoms with Gasteiger partial charge in [0.05, 0.1) is 0 Å². The van der Waals surface area contributed by atoms with E-state index >= 15 is 0 Å². The van der Waals surface area contributed by atoms with E-state index in [-0.39, 0.29) is 5.91 Å². The molecule has 1 N–H and O–H groups in total. The van der Waals surface area contributed by atoms with E-state index in [1.807, 2.05) is 0 Å². The van der Waals surface area contributed by atoms with Crippen LogP contribution in [-0.2, 0) is 9.59 Å². The van der Waals surface area contributed by atoms with Gasteiger partial charge >= 0.3 is 0 Å². The van der Waals surface area contributed by atoms with Gasteiger partial charge in [0.2, 0.25) is 12.3 Å². The van der Waals surface area contributed by atoms with Gasteiger partial charge in [-0.25, -0.2) is 0 Å². The Kier molecular flexibility index (Phi) is 3.69. The zero-order valence-corrected chi connectivity index (χ0v) is 9.50. The average Bonchev–Trinajstić information content (AvgIpc) is 2.90. The number of amides is 2. The second-order valence-corrected chi connectivity index (χ2v) is 4.04. The standard InChI is InChI=1S/C12H15N3O2/c16-9-14-11(10-4-3-5-13-8-10)12(17)15-6-1-2-7-15/h3-5,8-9,11H,1-2,6-7H2,(H,14,16). The minimum atomic E-state index is -0.612. The van der Waals surface area contributed by atoms with Crippen LogP contribution >= 0.6 is 0 Å². The molecule has 0 radical (unpaired) electrons. The summed E-state index contributed by atoms with van der Waals surface area (Å²) in [5, 5.41) is 2.56. The lowest BCUT2D eigenvalue weighted by Gasteiger charge is -2.22. The van der Waals surface area contributed by atoms with Crippen LogP contribution in [-0.4, -0.2) is 35.3 Å². The highest BCUT2D eigenvalue weighted by Crippen LogP contribution is 2.17. The molecular formula is C12H15N3O2. The second kappa shape index (κ2) is 5.43. The molecule has 2 heterocycles. The number of rotatable bonds is 4. The topological polar surface area (TPSA) is 62.3 Å². The molecule has 1 aromatic rings. The largest absolute Gasteiger partial charge is 0.343 e. The van der Waals surface area contributed by atoms with Crippen LogP contribution in [0.3, 0.4) is 0 Å². The molecule has 1 aliphatic rings. The van der Waals surface area contributed by atoms with Gasteiger partial charge in [0.25, 0.3) is 0 Å². The first-order chi connectivity index (χ1) is 8.33. The van der Waals surface area contributed by atoms with E-state index in [0.29, 0.717) is 6.41 Å². The predicted molar refractivity (Wildman–Crippen MR) is 62.0 cm³/mol. The van der Waals surface area contributed by atoms with Crippen molar-refractivity contribution in [2.45, 2.75) is 18.9 Å². The Morgan fingerprint density at radius 1 is 1.47 bits per heavy atom. The third kappa shape index (κ3) is 2.61. The third-order valence-electron chi connectivity index (χ3n) is 2.92. The molecule has 1 atom stereocenters. The first kappa shape index (κ1) is 11.6. The SMILES string of the molecule is O=CNC(C(=O)N1CCCC1)c1cccnc1. The van der Waals surface area contributed by atoms with E-state index in [1.165, 1.54) is 0 Å². The number of hydrogen-bond donors (Lipinski definition) is 1. The Morgan fingerprint density at radius 2 is 2.24 bits per heavy atom. The molecule has 5 nitrogen and oxygen atoms in total. The first-order valence-electron chi connectivity index (χ1n) is 5.71. The highest BCUT2D eigenvalue weighted by Gasteiger charge is 2.27. The van der Waals surface area contributed by atoms with Crippen LogP contribution in [0.4, 0.5) is 0 Å². The quantitative estimate of drug-likeness (QED) is 0.770. The lowest BCUT2D eigenvalue weighted by Crippen LogP contribution is -2.39. The van der Waals surface area contributed by atoms with Crippen molar-refractivity contribution in [3.05, 3.63) is 30.1 Å². The van der Waals surface area contributed by atoms with Gasteiger partial charge in [0.15, 0.2) is 0 Å². The Morgan fingerprint density at radius 3 is 2.82 bits per heavy atom. The molecule has 0 aliphatic carbocycles. The van der Waals surface area contributed by atoms with Crippen molar-refractivity contribution in [1.82, 2.24) is 15.2 Å². The van der Waals surface area contributed by atoms with Crippen LogP contribution in [0.5, 0.6) is 0 Å². The summed E-state index contributed by atoms with van der Waals surface area (Å²) in [5.74, 6) is -0.0531. The summed E-state index contributed by atoms with van der Waals surface area (Å²) in [7, 11) is 0. The molecule has 1 fully saturated rings. The number of likely N-dealkylation sites (tertiary alicyclic amines) is 1. The first-order valence-corrected chi connectivity index (χ1v) is 5.71. The van der Waals surface area contributed by atoms with Gasteiger partial charge in [-0.3, -0.25) is 14.6 Å². The van der Waals surface area contributed by atoms with E-state index < -0.39 is 6.04 Å². The van der Waals surface area contributed by atoms with E-state index in [1.54, 1.807) is 29.4 Å². The fourth-order valence-electron chi connectivity index (χ4n) is 2.04. The van der Waals surface area contributed by atoms with Crippen LogP contribution in [0.25, 0.3) is 0 Å². The molecule has 1 unspecified atom stereocenters. The van der Waals surface area contributed by atoms with Crippen molar-refractivity contribution in [3.8, 4) is 0 Å². The summed E-state index contributed by atoms with van der Waals surface area (Å²) >= 11 is 0. The zero-order chi connectivity index (χ0) is 12.1. The minimum Gasteiger partial charge on any atom is -0.343 e. The lowest BCUT2D eigenvalue weighted by atomic mass is 10.1. The van der Waals surface area contributed by atoms with Crippen LogP contribution in [0.1, 0.15) is 24.4 Å². The maximum absolute atomic E-state index is 12.2. The summed E-state index contributed by atoms with van der Waals surface area (Å²) in [6.45, 7) is 1.55. The number of aromatic nitrogens is 1. The molecule has 17 heavy (non-hydrogen) atoms. The van der Waals surface area contributed by atoms with E-state index in [2.05, 4.69) is 10.3 Å². The van der Waals surface area contributed by atoms with Crippen LogP contribution < -0.4 is 5.32 Å². The van der Waals surface area contributed by atoms with Gasteiger partial charge in [0.1, 0.15) is 6.04 Å². The molecule has 1 aromatic heterocycles. The molecule has 0 spiro atoms. The molecule has 0 bridgehead atoms. The Hall–Kier alpha value is -1.91. The second-order valence-electron chi connectivity index (χ2n) is 4.04. The predicted octanol–water partition coefficient (Wildman–Crippen LogP) is 0.491. The van der Waals surface area contributed by atoms with E-state index in [9.17, 15) is 9.59 Å². The molecule has 1 aliphatic heterocycles. The van der Waals surface area contributed by atoms with Gasteiger partial charge < -0.3 is 10.2 Å². The number of nitrogens with zero attached hydrogens (tertiary/aromatic N) is 2. The molecule has 0 saturated carbocycles. The number of pyridine rings is 1. The molecule has 5 heteroatoms. The van der Waals surface area contributed by atoms with Crippen LogP contribution in [0.15, 0.2) is 24.5 Å². The van der Waals surface area contributed by atoms with E-state index in [4.69, 9.17) is 0 Å². The van der Waals surface area contributed by atoms with Gasteiger partial charge in [-0.15, -0.1) is 0 Å². The monoisotopic (exact) mass is 233 g/mol. The van der Waals surface area contributed by atoms with Crippen molar-refractivity contribution in [2.75, 3.05) is 13.1 Å². The Balaban J connectivity index is 2.16. The fourth-order valence-corrected chi connectivity index (χ4v) is 2.04. The normalized spacial score (nSPS) is 16.6. The molecule has 2 rings (SSSR count). The highest BCUT2D eigenvalue weighted by molar-refractivity contribution is 5.85. The smallest absolute Gasteiger partial charge is 0.249 e. The van der Waals surface area contributed by atoms with Crippen LogP contribution in [0.2, 0.25) is 0 Å². The maximum atomic E-state index is 12.2. The summed E-state index contributed by atoms with van der Waals surface area (Å²) in [5.41, 5.74) is 0.719. The van der Waals surface area contributed by atoms with Crippen molar-refractivity contribution >= 4 is 12.3 Å². The highest BCUT2D eigenvalue weighted by atomic mass is 16.2. The fraction of sp³-hybridized carbons (Fsp3) is 0.417. The summed E-state index contributed by atoms with van der Waals surface area (Å²) < 4.78 is 0. The van der Waals surface area contributed by atoms with Gasteiger partial charge in [-0.2, -0.15) is 0 Å². The maximum Gasteiger partial charge on any atom is 0.249 e. The molecule has 90 valence electrons. The Bertz CT molecular complexity index is 388. The lowest BCUT2D eigenvalue weighted by molar-refractivity contribution is -0.133. The Labute approximate surface area is 99.8 Å². The third-order valence-corrected chi connectivity index (χ3v) is 2.92. The number of carbonyl (C=O) groups excluding carboxylic acids is 2. The van der Waals surface area contributed by atoms with Gasteiger partial charge in [0, 0.05) is 31.0 Å². The average molecular weight is 233 g/mol. The summed E-state index contributed by atoms with van der Waals surface area (Å²) in [6, 6.07) is 2.94. The van der Waals surface area contributed by atoms with Crippen molar-refractivity contribution in [2.24, 2.45) is 0 Å². The zero-order valence-electron chi connectivity index (χ0n) is 9.50. The van der Waals surface area contributed by atoms with Crippen molar-refractivity contribution in [3.63, 3.8) is 0 Å². The van der Waals surface area contributed by atoms with Crippen molar-refractivity contribution in [1.29, 1.82) is 0 Å². The molecule has 2 amide bonds. The van der Waals surface area contributed by atoms with Gasteiger partial charge in [-0.05, 0) is 18.9 Å². The summed E-state index contributed by atoms with van der Waals surface area (Å²) in [4.78, 5) is 28.6. The number of hydrogen-bond acceptors (Lipinski definition) is 3. The molecule has 0 aromatic carbocycles.